The van der Waals surface area contributed by atoms with Gasteiger partial charge in [-0.2, -0.15) is 0 Å². The van der Waals surface area contributed by atoms with Gasteiger partial charge in [-0.05, 0) is 41.0 Å². The van der Waals surface area contributed by atoms with Gasteiger partial charge in [0.1, 0.15) is 29.3 Å². The Morgan fingerprint density at radius 1 is 0.848 bits per heavy atom. The minimum atomic E-state index is -1.21. The van der Waals surface area contributed by atoms with Crippen molar-refractivity contribution >= 4 is 5.78 Å². The predicted molar refractivity (Wildman–Crippen MR) is 124 cm³/mol. The van der Waals surface area contributed by atoms with Crippen LogP contribution in [0.5, 0.6) is 11.5 Å². The molecule has 0 bridgehead atoms. The summed E-state index contributed by atoms with van der Waals surface area (Å²) in [7, 11) is 3.25. The van der Waals surface area contributed by atoms with Crippen molar-refractivity contribution in [3.05, 3.63) is 95.6 Å². The van der Waals surface area contributed by atoms with E-state index in [0.29, 0.717) is 0 Å². The van der Waals surface area contributed by atoms with Crippen molar-refractivity contribution in [1.29, 1.82) is 0 Å². The minimum Gasteiger partial charge on any atom is -0.497 e. The molecule has 0 aromatic heterocycles. The topological polar surface area (TPSA) is 74.2 Å². The molecule has 4 rings (SSSR count). The van der Waals surface area contributed by atoms with E-state index in [2.05, 4.69) is 0 Å². The number of rotatable bonds is 8. The summed E-state index contributed by atoms with van der Waals surface area (Å²) in [6.07, 6.45) is -1.75. The van der Waals surface area contributed by atoms with Gasteiger partial charge in [-0.1, -0.05) is 54.6 Å². The molecule has 33 heavy (non-hydrogen) atoms. The molecule has 1 N–H and O–H groups in total. The fourth-order valence-electron chi connectivity index (χ4n) is 4.18. The van der Waals surface area contributed by atoms with Crippen LogP contribution < -0.4 is 9.47 Å². The van der Waals surface area contributed by atoms with Crippen LogP contribution in [-0.2, 0) is 19.9 Å². The van der Waals surface area contributed by atoms with E-state index >= 15 is 0 Å². The van der Waals surface area contributed by atoms with Gasteiger partial charge in [-0.3, -0.25) is 4.79 Å². The minimum absolute atomic E-state index is 0.0276. The highest BCUT2D eigenvalue weighted by molar-refractivity contribution is 5.84. The third-order valence-corrected chi connectivity index (χ3v) is 6.00. The number of hydrogen-bond donors (Lipinski definition) is 1. The second-order valence-corrected chi connectivity index (χ2v) is 7.89. The Morgan fingerprint density at radius 2 is 1.36 bits per heavy atom. The van der Waals surface area contributed by atoms with Crippen molar-refractivity contribution in [3.8, 4) is 11.5 Å². The van der Waals surface area contributed by atoms with Crippen LogP contribution in [0.15, 0.2) is 78.9 Å². The van der Waals surface area contributed by atoms with Crippen LogP contribution in [0, 0.1) is 0 Å². The van der Waals surface area contributed by atoms with Crippen LogP contribution in [0.4, 0.5) is 0 Å². The summed E-state index contributed by atoms with van der Waals surface area (Å²) in [5.41, 5.74) is 1.62. The van der Waals surface area contributed by atoms with Gasteiger partial charge >= 0.3 is 0 Å². The lowest BCUT2D eigenvalue weighted by atomic mass is 9.80. The molecule has 0 amide bonds. The molecule has 0 aliphatic carbocycles. The van der Waals surface area contributed by atoms with Crippen LogP contribution >= 0.6 is 0 Å². The Balaban J connectivity index is 1.84. The lowest BCUT2D eigenvalue weighted by Crippen LogP contribution is -2.46. The van der Waals surface area contributed by atoms with Crippen LogP contribution in [0.3, 0.4) is 0 Å². The Kier molecular flexibility index (Phi) is 7.08. The molecule has 172 valence electrons. The molecule has 2 atom stereocenters. The van der Waals surface area contributed by atoms with Gasteiger partial charge < -0.3 is 24.1 Å². The zero-order valence-corrected chi connectivity index (χ0v) is 18.8. The second-order valence-electron chi connectivity index (χ2n) is 7.89. The zero-order chi connectivity index (χ0) is 23.3. The van der Waals surface area contributed by atoms with Crippen LogP contribution in [0.25, 0.3) is 0 Å². The number of hydrogen-bond acceptors (Lipinski definition) is 6. The van der Waals surface area contributed by atoms with E-state index in [1.165, 1.54) is 0 Å². The van der Waals surface area contributed by atoms with Crippen molar-refractivity contribution in [3.63, 3.8) is 0 Å². The molecule has 3 aromatic rings. The van der Waals surface area contributed by atoms with Gasteiger partial charge in [-0.25, -0.2) is 0 Å². The first-order valence-electron chi connectivity index (χ1n) is 10.9. The quantitative estimate of drug-likeness (QED) is 0.530. The molecule has 1 fully saturated rings. The number of methoxy groups -OCH3 is 2. The van der Waals surface area contributed by atoms with E-state index in [4.69, 9.17) is 18.9 Å². The number of Topliss-reactive ketones (excluding diaryl/α,β-unsaturated/α-hetero) is 1. The predicted octanol–water partition coefficient (Wildman–Crippen LogP) is 3.73. The monoisotopic (exact) mass is 448 g/mol. The number of ketones is 1. The van der Waals surface area contributed by atoms with E-state index in [0.717, 1.165) is 28.2 Å². The first-order chi connectivity index (χ1) is 16.1. The van der Waals surface area contributed by atoms with E-state index in [9.17, 15) is 9.90 Å². The van der Waals surface area contributed by atoms with Gasteiger partial charge in [0.2, 0.25) is 0 Å². The number of aliphatic hydroxyl groups is 1. The summed E-state index contributed by atoms with van der Waals surface area (Å²) in [4.78, 5) is 12.1. The highest BCUT2D eigenvalue weighted by atomic mass is 16.6. The molecule has 1 aliphatic rings. The number of carbonyl (C=O) groups excluding carboxylic acids is 1. The molecular weight excluding hydrogens is 420 g/mol. The zero-order valence-electron chi connectivity index (χ0n) is 18.8. The number of ether oxygens (including phenoxy) is 4. The van der Waals surface area contributed by atoms with Crippen LogP contribution in [0.2, 0.25) is 0 Å². The lowest BCUT2D eigenvalue weighted by molar-refractivity contribution is -0.158. The number of benzene rings is 3. The van der Waals surface area contributed by atoms with Gasteiger partial charge in [0.05, 0.1) is 27.4 Å². The van der Waals surface area contributed by atoms with Crippen molar-refractivity contribution in [2.24, 2.45) is 0 Å². The highest BCUT2D eigenvalue weighted by Gasteiger charge is 2.40. The molecule has 1 aliphatic heterocycles. The molecule has 1 heterocycles. The summed E-state index contributed by atoms with van der Waals surface area (Å²) < 4.78 is 23.1. The Morgan fingerprint density at radius 3 is 1.88 bits per heavy atom. The summed E-state index contributed by atoms with van der Waals surface area (Å²) in [6, 6.07) is 25.2. The smallest absolute Gasteiger partial charge is 0.166 e. The first kappa shape index (κ1) is 23.0. The van der Waals surface area contributed by atoms with E-state index in [1.807, 2.05) is 78.9 Å². The van der Waals surface area contributed by atoms with Crippen LogP contribution in [0.1, 0.15) is 23.1 Å². The summed E-state index contributed by atoms with van der Waals surface area (Å²) in [5.74, 6) is 1.23. The first-order valence-corrected chi connectivity index (χ1v) is 10.9. The van der Waals surface area contributed by atoms with Crippen molar-refractivity contribution < 1.29 is 28.8 Å². The summed E-state index contributed by atoms with van der Waals surface area (Å²) >= 11 is 0. The fraction of sp³-hybridized carbons (Fsp3) is 0.296. The molecule has 0 saturated carbocycles. The number of aliphatic hydroxyl groups excluding tert-OH is 1. The van der Waals surface area contributed by atoms with Gasteiger partial charge in [0.15, 0.2) is 5.78 Å². The van der Waals surface area contributed by atoms with Gasteiger partial charge in [0.25, 0.3) is 0 Å². The third-order valence-electron chi connectivity index (χ3n) is 6.00. The summed E-state index contributed by atoms with van der Waals surface area (Å²) in [5, 5.41) is 10.4. The Labute approximate surface area is 193 Å². The molecule has 0 unspecified atom stereocenters. The molecule has 3 aromatic carbocycles. The maximum absolute atomic E-state index is 12.1. The van der Waals surface area contributed by atoms with E-state index < -0.39 is 17.8 Å². The van der Waals surface area contributed by atoms with Gasteiger partial charge in [-0.15, -0.1) is 0 Å². The average Bonchev–Trinajstić information content (AvgIpc) is 2.88. The summed E-state index contributed by atoms with van der Waals surface area (Å²) in [6.45, 7) is 0.299. The second kappa shape index (κ2) is 10.2. The largest absolute Gasteiger partial charge is 0.497 e. The molecule has 1 saturated heterocycles. The normalized spacial score (nSPS) is 18.7. The maximum Gasteiger partial charge on any atom is 0.166 e. The lowest BCUT2D eigenvalue weighted by Gasteiger charge is -2.38. The molecule has 6 heteroatoms. The fourth-order valence-corrected chi connectivity index (χ4v) is 4.18. The van der Waals surface area contributed by atoms with Crippen molar-refractivity contribution in [2.75, 3.05) is 27.4 Å². The SMILES string of the molecule is COc1ccc(C(OC[C@H]2OCCC(=O)[C@@H]2O)(c2ccccc2)c2ccc(OC)cc2)cc1. The van der Waals surface area contributed by atoms with Crippen molar-refractivity contribution in [2.45, 2.75) is 24.2 Å². The Hall–Kier alpha value is -3.19. The van der Waals surface area contributed by atoms with E-state index in [1.54, 1.807) is 14.2 Å². The molecule has 0 spiro atoms. The van der Waals surface area contributed by atoms with Crippen LogP contribution in [-0.4, -0.2) is 50.5 Å². The average molecular weight is 449 g/mol. The standard InChI is InChI=1S/C27H28O6/c1-30-22-12-8-20(9-13-22)27(19-6-4-3-5-7-19,21-10-14-23(31-2)15-11-21)33-18-25-26(29)24(28)16-17-32-25/h3-15,25-26,29H,16-18H2,1-2H3/t25-,26+/m1/s1. The molecule has 6 nitrogen and oxygen atoms in total. The molecule has 0 radical (unpaired) electrons. The Bertz CT molecular complexity index is 999. The van der Waals surface area contributed by atoms with Crippen molar-refractivity contribution in [1.82, 2.24) is 0 Å². The van der Waals surface area contributed by atoms with E-state index in [-0.39, 0.29) is 25.4 Å². The maximum atomic E-state index is 12.1. The number of carbonyl (C=O) groups is 1. The highest BCUT2D eigenvalue weighted by Crippen LogP contribution is 2.42. The van der Waals surface area contributed by atoms with Gasteiger partial charge in [0, 0.05) is 6.42 Å². The molecular formula is C27H28O6. The third kappa shape index (κ3) is 4.64.